The maximum Gasteiger partial charge on any atom is 0.126 e. The summed E-state index contributed by atoms with van der Waals surface area (Å²) in [6, 6.07) is 5.18. The number of hydrogen-bond donors (Lipinski definition) is 1. The summed E-state index contributed by atoms with van der Waals surface area (Å²) in [6.45, 7) is 6.71. The fourth-order valence-corrected chi connectivity index (χ4v) is 1.71. The fraction of sp³-hybridized carbons (Fsp3) is 0.571. The van der Waals surface area contributed by atoms with E-state index >= 15 is 0 Å². The zero-order valence-corrected chi connectivity index (χ0v) is 11.1. The van der Waals surface area contributed by atoms with Gasteiger partial charge in [0.05, 0.1) is 0 Å². The lowest BCUT2D eigenvalue weighted by atomic mass is 10.0. The van der Waals surface area contributed by atoms with Gasteiger partial charge in [-0.3, -0.25) is 0 Å². The molecule has 2 unspecified atom stereocenters. The predicted molar refractivity (Wildman–Crippen MR) is 68.9 cm³/mol. The summed E-state index contributed by atoms with van der Waals surface area (Å²) >= 11 is 0. The summed E-state index contributed by atoms with van der Waals surface area (Å²) in [6.07, 6.45) is 1.11. The minimum absolute atomic E-state index is 0.190. The predicted octanol–water partition coefficient (Wildman–Crippen LogP) is 3.15. The highest BCUT2D eigenvalue weighted by Gasteiger charge is 2.14. The van der Waals surface area contributed by atoms with Crippen LogP contribution in [0.4, 0.5) is 4.39 Å². The Labute approximate surface area is 103 Å². The Morgan fingerprint density at radius 1 is 1.41 bits per heavy atom. The fourth-order valence-electron chi connectivity index (χ4n) is 1.71. The van der Waals surface area contributed by atoms with Gasteiger partial charge in [-0.2, -0.15) is 0 Å². The Hall–Kier alpha value is -1.09. The van der Waals surface area contributed by atoms with Crippen LogP contribution in [-0.2, 0) is 0 Å². The standard InChI is InChI=1S/C14H22FNO/c1-5-10(2)14(16-4)9-17-12-6-7-13(15)11(3)8-12/h6-8,10,14,16H,5,9H2,1-4H3. The summed E-state index contributed by atoms with van der Waals surface area (Å²) < 4.78 is 18.8. The Bertz CT molecular complexity index is 354. The number of aryl methyl sites for hydroxylation is 1. The molecule has 2 atom stereocenters. The van der Waals surface area contributed by atoms with Crippen LogP contribution in [0.25, 0.3) is 0 Å². The normalized spacial score (nSPS) is 14.4. The second kappa shape index (κ2) is 6.60. The Balaban J connectivity index is 2.56. The molecule has 1 aromatic rings. The third kappa shape index (κ3) is 4.00. The molecule has 0 saturated heterocycles. The lowest BCUT2D eigenvalue weighted by Gasteiger charge is -2.22. The molecule has 0 amide bonds. The molecular weight excluding hydrogens is 217 g/mol. The molecule has 0 spiro atoms. The highest BCUT2D eigenvalue weighted by Crippen LogP contribution is 2.17. The van der Waals surface area contributed by atoms with Crippen molar-refractivity contribution in [2.24, 2.45) is 5.92 Å². The number of benzene rings is 1. The van der Waals surface area contributed by atoms with Crippen LogP contribution < -0.4 is 10.1 Å². The monoisotopic (exact) mass is 239 g/mol. The number of likely N-dealkylation sites (N-methyl/N-ethyl adjacent to an activating group) is 1. The zero-order valence-electron chi connectivity index (χ0n) is 11.1. The number of nitrogens with one attached hydrogen (secondary N) is 1. The van der Waals surface area contributed by atoms with Crippen LogP contribution in [-0.4, -0.2) is 19.7 Å². The van der Waals surface area contributed by atoms with Gasteiger partial charge in [0, 0.05) is 6.04 Å². The molecule has 3 heteroatoms. The van der Waals surface area contributed by atoms with Gasteiger partial charge in [-0.05, 0) is 43.7 Å². The summed E-state index contributed by atoms with van der Waals surface area (Å²) in [4.78, 5) is 0. The quantitative estimate of drug-likeness (QED) is 0.823. The van der Waals surface area contributed by atoms with Crippen molar-refractivity contribution in [2.75, 3.05) is 13.7 Å². The summed E-state index contributed by atoms with van der Waals surface area (Å²) in [5.41, 5.74) is 0.618. The third-order valence-electron chi connectivity index (χ3n) is 3.26. The van der Waals surface area contributed by atoms with Crippen LogP contribution in [0.3, 0.4) is 0 Å². The number of hydrogen-bond acceptors (Lipinski definition) is 2. The second-order valence-electron chi connectivity index (χ2n) is 4.50. The zero-order chi connectivity index (χ0) is 12.8. The minimum Gasteiger partial charge on any atom is -0.492 e. The molecule has 17 heavy (non-hydrogen) atoms. The van der Waals surface area contributed by atoms with Gasteiger partial charge in [0.2, 0.25) is 0 Å². The molecule has 2 nitrogen and oxygen atoms in total. The van der Waals surface area contributed by atoms with E-state index in [1.807, 2.05) is 7.05 Å². The highest BCUT2D eigenvalue weighted by atomic mass is 19.1. The number of ether oxygens (including phenoxy) is 1. The van der Waals surface area contributed by atoms with Crippen LogP contribution in [0.15, 0.2) is 18.2 Å². The van der Waals surface area contributed by atoms with Crippen molar-refractivity contribution in [3.05, 3.63) is 29.6 Å². The van der Waals surface area contributed by atoms with Gasteiger partial charge in [0.1, 0.15) is 18.2 Å². The minimum atomic E-state index is -0.190. The second-order valence-corrected chi connectivity index (χ2v) is 4.50. The lowest BCUT2D eigenvalue weighted by molar-refractivity contribution is 0.228. The van der Waals surface area contributed by atoms with Crippen LogP contribution in [0, 0.1) is 18.7 Å². The van der Waals surface area contributed by atoms with Crippen molar-refractivity contribution in [3.63, 3.8) is 0 Å². The molecule has 0 aliphatic carbocycles. The van der Waals surface area contributed by atoms with Gasteiger partial charge >= 0.3 is 0 Å². The first-order valence-corrected chi connectivity index (χ1v) is 6.14. The van der Waals surface area contributed by atoms with Crippen molar-refractivity contribution in [3.8, 4) is 5.75 Å². The van der Waals surface area contributed by atoms with E-state index in [2.05, 4.69) is 19.2 Å². The molecule has 1 N–H and O–H groups in total. The molecule has 1 rings (SSSR count). The Kier molecular flexibility index (Phi) is 5.42. The number of halogens is 1. The van der Waals surface area contributed by atoms with Crippen LogP contribution in [0.2, 0.25) is 0 Å². The van der Waals surface area contributed by atoms with Gasteiger partial charge in [-0.1, -0.05) is 20.3 Å². The van der Waals surface area contributed by atoms with E-state index in [9.17, 15) is 4.39 Å². The molecule has 96 valence electrons. The van der Waals surface area contributed by atoms with E-state index in [0.717, 1.165) is 12.2 Å². The van der Waals surface area contributed by atoms with Gasteiger partial charge in [-0.15, -0.1) is 0 Å². The van der Waals surface area contributed by atoms with Crippen LogP contribution in [0.1, 0.15) is 25.8 Å². The van der Waals surface area contributed by atoms with E-state index in [0.29, 0.717) is 24.1 Å². The van der Waals surface area contributed by atoms with Gasteiger partial charge in [0.15, 0.2) is 0 Å². The molecule has 0 aliphatic heterocycles. The first kappa shape index (κ1) is 14.0. The van der Waals surface area contributed by atoms with E-state index in [4.69, 9.17) is 4.74 Å². The van der Waals surface area contributed by atoms with Gasteiger partial charge < -0.3 is 10.1 Å². The Morgan fingerprint density at radius 3 is 2.65 bits per heavy atom. The maximum absolute atomic E-state index is 13.1. The van der Waals surface area contributed by atoms with Crippen molar-refractivity contribution < 1.29 is 9.13 Å². The van der Waals surface area contributed by atoms with Gasteiger partial charge in [0.25, 0.3) is 0 Å². The average molecular weight is 239 g/mol. The van der Waals surface area contributed by atoms with Crippen LogP contribution >= 0.6 is 0 Å². The van der Waals surface area contributed by atoms with E-state index in [1.54, 1.807) is 19.1 Å². The maximum atomic E-state index is 13.1. The molecule has 0 aliphatic rings. The average Bonchev–Trinajstić information content (AvgIpc) is 2.33. The smallest absolute Gasteiger partial charge is 0.126 e. The largest absolute Gasteiger partial charge is 0.492 e. The van der Waals surface area contributed by atoms with Crippen molar-refractivity contribution >= 4 is 0 Å². The SMILES string of the molecule is CCC(C)C(COc1ccc(F)c(C)c1)NC. The van der Waals surface area contributed by atoms with E-state index in [1.165, 1.54) is 6.07 Å². The van der Waals surface area contributed by atoms with Crippen molar-refractivity contribution in [1.82, 2.24) is 5.32 Å². The summed E-state index contributed by atoms with van der Waals surface area (Å²) in [7, 11) is 1.94. The summed E-state index contributed by atoms with van der Waals surface area (Å²) in [5, 5.41) is 3.25. The van der Waals surface area contributed by atoms with Crippen molar-refractivity contribution in [1.29, 1.82) is 0 Å². The number of rotatable bonds is 6. The summed E-state index contributed by atoms with van der Waals surface area (Å²) in [5.74, 6) is 1.10. The van der Waals surface area contributed by atoms with Gasteiger partial charge in [-0.25, -0.2) is 4.39 Å². The molecule has 1 aromatic carbocycles. The van der Waals surface area contributed by atoms with Crippen molar-refractivity contribution in [2.45, 2.75) is 33.2 Å². The molecule has 0 bridgehead atoms. The topological polar surface area (TPSA) is 21.3 Å². The van der Waals surface area contributed by atoms with Crippen LogP contribution in [0.5, 0.6) is 5.75 Å². The van der Waals surface area contributed by atoms with E-state index in [-0.39, 0.29) is 5.82 Å². The first-order chi connectivity index (χ1) is 8.08. The molecule has 0 heterocycles. The third-order valence-corrected chi connectivity index (χ3v) is 3.26. The molecular formula is C14H22FNO. The highest BCUT2D eigenvalue weighted by molar-refractivity contribution is 5.28. The first-order valence-electron chi connectivity index (χ1n) is 6.14. The molecule has 0 radical (unpaired) electrons. The lowest BCUT2D eigenvalue weighted by Crippen LogP contribution is -2.37. The molecule has 0 aromatic heterocycles. The molecule has 0 saturated carbocycles. The van der Waals surface area contributed by atoms with E-state index < -0.39 is 0 Å². The Morgan fingerprint density at radius 2 is 2.12 bits per heavy atom. The molecule has 0 fully saturated rings.